The van der Waals surface area contributed by atoms with Crippen LogP contribution < -0.4 is 0 Å². The van der Waals surface area contributed by atoms with E-state index in [9.17, 15) is 5.11 Å². The predicted octanol–water partition coefficient (Wildman–Crippen LogP) is 3.36. The highest BCUT2D eigenvalue weighted by Gasteiger charge is 2.23. The molecule has 0 radical (unpaired) electrons. The molecule has 0 amide bonds. The van der Waals surface area contributed by atoms with Crippen LogP contribution in [0.4, 0.5) is 0 Å². The SMILES string of the molecule is CC(C)n1ncc(Cl)c1C(O)c1ncccc1Br. The molecule has 18 heavy (non-hydrogen) atoms. The molecule has 2 rings (SSSR count). The maximum absolute atomic E-state index is 10.4. The molecule has 0 saturated heterocycles. The Balaban J connectivity index is 2.49. The summed E-state index contributed by atoms with van der Waals surface area (Å²) < 4.78 is 2.44. The lowest BCUT2D eigenvalue weighted by molar-refractivity contribution is 0.199. The summed E-state index contributed by atoms with van der Waals surface area (Å²) in [6.45, 7) is 3.96. The van der Waals surface area contributed by atoms with E-state index < -0.39 is 6.10 Å². The lowest BCUT2D eigenvalue weighted by atomic mass is 10.1. The van der Waals surface area contributed by atoms with Crippen molar-refractivity contribution in [1.82, 2.24) is 14.8 Å². The summed E-state index contributed by atoms with van der Waals surface area (Å²) in [6.07, 6.45) is 2.27. The van der Waals surface area contributed by atoms with Crippen LogP contribution in [0.25, 0.3) is 0 Å². The first-order valence-corrected chi connectivity index (χ1v) is 6.71. The first kappa shape index (κ1) is 13.5. The molecule has 6 heteroatoms. The highest BCUT2D eigenvalue weighted by atomic mass is 79.9. The summed E-state index contributed by atoms with van der Waals surface area (Å²) in [5, 5.41) is 15.0. The molecule has 1 atom stereocenters. The molecule has 0 aliphatic carbocycles. The summed E-state index contributed by atoms with van der Waals surface area (Å²) in [7, 11) is 0. The molecule has 0 aliphatic rings. The zero-order valence-corrected chi connectivity index (χ0v) is 12.4. The van der Waals surface area contributed by atoms with Crippen LogP contribution in [0.5, 0.6) is 0 Å². The van der Waals surface area contributed by atoms with Gasteiger partial charge in [0.1, 0.15) is 6.10 Å². The van der Waals surface area contributed by atoms with Crippen molar-refractivity contribution < 1.29 is 5.11 Å². The molecule has 0 aliphatic heterocycles. The fourth-order valence-electron chi connectivity index (χ4n) is 1.75. The molecule has 1 N–H and O–H groups in total. The van der Waals surface area contributed by atoms with E-state index in [1.807, 2.05) is 19.9 Å². The van der Waals surface area contributed by atoms with Crippen LogP contribution in [-0.2, 0) is 0 Å². The third-order valence-electron chi connectivity index (χ3n) is 2.58. The topological polar surface area (TPSA) is 50.9 Å². The van der Waals surface area contributed by atoms with Gasteiger partial charge in [-0.25, -0.2) is 0 Å². The Morgan fingerprint density at radius 3 is 2.78 bits per heavy atom. The fourth-order valence-corrected chi connectivity index (χ4v) is 2.45. The number of pyridine rings is 1. The van der Waals surface area contributed by atoms with Gasteiger partial charge in [0.25, 0.3) is 0 Å². The second-order valence-electron chi connectivity index (χ2n) is 4.19. The standard InChI is InChI=1S/C12H13BrClN3O/c1-7(2)17-11(9(14)6-16-17)12(18)10-8(13)4-3-5-15-10/h3-7,12,18H,1-2H3. The monoisotopic (exact) mass is 329 g/mol. The summed E-state index contributed by atoms with van der Waals surface area (Å²) >= 11 is 9.47. The average molecular weight is 331 g/mol. The van der Waals surface area contributed by atoms with Gasteiger partial charge in [-0.2, -0.15) is 5.10 Å². The van der Waals surface area contributed by atoms with E-state index in [-0.39, 0.29) is 6.04 Å². The summed E-state index contributed by atoms with van der Waals surface area (Å²) in [4.78, 5) is 4.18. The van der Waals surface area contributed by atoms with E-state index in [0.29, 0.717) is 16.4 Å². The van der Waals surface area contributed by atoms with Crippen molar-refractivity contribution in [2.75, 3.05) is 0 Å². The number of rotatable bonds is 3. The van der Waals surface area contributed by atoms with Gasteiger partial charge in [-0.05, 0) is 41.9 Å². The molecule has 0 bridgehead atoms. The second kappa shape index (κ2) is 5.38. The highest BCUT2D eigenvalue weighted by Crippen LogP contribution is 2.32. The van der Waals surface area contributed by atoms with E-state index in [1.54, 1.807) is 16.9 Å². The zero-order valence-electron chi connectivity index (χ0n) is 10.0. The number of aromatic nitrogens is 3. The van der Waals surface area contributed by atoms with Gasteiger partial charge in [0.05, 0.1) is 22.6 Å². The van der Waals surface area contributed by atoms with Crippen LogP contribution in [0.1, 0.15) is 37.4 Å². The average Bonchev–Trinajstić information content (AvgIpc) is 2.71. The van der Waals surface area contributed by atoms with Gasteiger partial charge in [0.15, 0.2) is 0 Å². The lowest BCUT2D eigenvalue weighted by Gasteiger charge is -2.17. The Kier molecular flexibility index (Phi) is 4.04. The van der Waals surface area contributed by atoms with Gasteiger partial charge in [0, 0.05) is 16.7 Å². The van der Waals surface area contributed by atoms with E-state index >= 15 is 0 Å². The molecule has 0 saturated carbocycles. The fraction of sp³-hybridized carbons (Fsp3) is 0.333. The normalized spacial score (nSPS) is 13.0. The molecule has 2 aromatic rings. The van der Waals surface area contributed by atoms with Gasteiger partial charge in [-0.3, -0.25) is 9.67 Å². The molecular formula is C12H13BrClN3O. The number of aliphatic hydroxyl groups excluding tert-OH is 1. The van der Waals surface area contributed by atoms with Gasteiger partial charge in [0.2, 0.25) is 0 Å². The van der Waals surface area contributed by atoms with Crippen LogP contribution in [-0.4, -0.2) is 19.9 Å². The van der Waals surface area contributed by atoms with E-state index in [4.69, 9.17) is 11.6 Å². The van der Waals surface area contributed by atoms with Crippen LogP contribution >= 0.6 is 27.5 Å². The third-order valence-corrected chi connectivity index (χ3v) is 3.54. The van der Waals surface area contributed by atoms with Crippen molar-refractivity contribution in [3.63, 3.8) is 0 Å². The molecule has 4 nitrogen and oxygen atoms in total. The molecule has 1 unspecified atom stereocenters. The summed E-state index contributed by atoms with van der Waals surface area (Å²) in [6, 6.07) is 3.74. The Bertz CT molecular complexity index is 556. The largest absolute Gasteiger partial charge is 0.380 e. The number of halogens is 2. The Labute approximate surface area is 119 Å². The molecule has 0 aromatic carbocycles. The maximum Gasteiger partial charge on any atom is 0.140 e. The second-order valence-corrected chi connectivity index (χ2v) is 5.45. The first-order chi connectivity index (χ1) is 8.52. The van der Waals surface area contributed by atoms with Crippen molar-refractivity contribution >= 4 is 27.5 Å². The van der Waals surface area contributed by atoms with Crippen LogP contribution in [0.15, 0.2) is 29.0 Å². The number of aliphatic hydroxyl groups is 1. The predicted molar refractivity (Wildman–Crippen MR) is 73.6 cm³/mol. The minimum atomic E-state index is -0.905. The minimum absolute atomic E-state index is 0.115. The molecular weight excluding hydrogens is 318 g/mol. The highest BCUT2D eigenvalue weighted by molar-refractivity contribution is 9.10. The summed E-state index contributed by atoms with van der Waals surface area (Å²) in [5.74, 6) is 0. The zero-order chi connectivity index (χ0) is 13.3. The lowest BCUT2D eigenvalue weighted by Crippen LogP contribution is -2.13. The number of hydrogen-bond donors (Lipinski definition) is 1. The Morgan fingerprint density at radius 1 is 1.44 bits per heavy atom. The van der Waals surface area contributed by atoms with Crippen molar-refractivity contribution in [3.05, 3.63) is 45.4 Å². The first-order valence-electron chi connectivity index (χ1n) is 5.53. The summed E-state index contributed by atoms with van der Waals surface area (Å²) in [5.41, 5.74) is 1.09. The van der Waals surface area contributed by atoms with Crippen molar-refractivity contribution in [3.8, 4) is 0 Å². The van der Waals surface area contributed by atoms with Gasteiger partial charge >= 0.3 is 0 Å². The van der Waals surface area contributed by atoms with Crippen LogP contribution in [0.3, 0.4) is 0 Å². The number of nitrogens with zero attached hydrogens (tertiary/aromatic N) is 3. The van der Waals surface area contributed by atoms with Gasteiger partial charge in [-0.15, -0.1) is 0 Å². The molecule has 2 aromatic heterocycles. The third kappa shape index (κ3) is 2.43. The van der Waals surface area contributed by atoms with Crippen molar-refractivity contribution in [2.45, 2.75) is 26.0 Å². The van der Waals surface area contributed by atoms with E-state index in [1.165, 1.54) is 6.20 Å². The van der Waals surface area contributed by atoms with Crippen molar-refractivity contribution in [1.29, 1.82) is 0 Å². The molecule has 0 spiro atoms. The Morgan fingerprint density at radius 2 is 2.17 bits per heavy atom. The molecule has 2 heterocycles. The van der Waals surface area contributed by atoms with Gasteiger partial charge in [-0.1, -0.05) is 11.6 Å². The molecule has 96 valence electrons. The van der Waals surface area contributed by atoms with E-state index in [2.05, 4.69) is 26.0 Å². The quantitative estimate of drug-likeness (QED) is 0.939. The van der Waals surface area contributed by atoms with Crippen LogP contribution in [0, 0.1) is 0 Å². The van der Waals surface area contributed by atoms with Crippen LogP contribution in [0.2, 0.25) is 5.02 Å². The minimum Gasteiger partial charge on any atom is -0.380 e. The number of hydrogen-bond acceptors (Lipinski definition) is 3. The van der Waals surface area contributed by atoms with E-state index in [0.717, 1.165) is 4.47 Å². The van der Waals surface area contributed by atoms with Gasteiger partial charge < -0.3 is 5.11 Å². The molecule has 0 fully saturated rings. The maximum atomic E-state index is 10.4. The van der Waals surface area contributed by atoms with Crippen molar-refractivity contribution in [2.24, 2.45) is 0 Å². The smallest absolute Gasteiger partial charge is 0.140 e. The Hall–Kier alpha value is -0.910.